The summed E-state index contributed by atoms with van der Waals surface area (Å²) in [4.78, 5) is 0. The molecule has 0 spiro atoms. The highest BCUT2D eigenvalue weighted by molar-refractivity contribution is 5.27. The zero-order chi connectivity index (χ0) is 13.6. The van der Waals surface area contributed by atoms with Gasteiger partial charge in [-0.2, -0.15) is 0 Å². The highest BCUT2D eigenvalue weighted by atomic mass is 19.3. The number of aliphatic hydroxyl groups is 1. The maximum Gasteiger partial charge on any atom is 0.272 e. The van der Waals surface area contributed by atoms with Gasteiger partial charge >= 0.3 is 0 Å². The number of nitrogens with one attached hydrogen (secondary N) is 1. The van der Waals surface area contributed by atoms with Crippen molar-refractivity contribution in [2.24, 2.45) is 0 Å². The molecule has 0 radical (unpaired) electrons. The van der Waals surface area contributed by atoms with Crippen LogP contribution in [-0.2, 0) is 6.54 Å². The SMILES string of the molecule is CC(C)(CO)NCc1ccc(OCC(F)F)cc1. The van der Waals surface area contributed by atoms with Crippen LogP contribution in [0.3, 0.4) is 0 Å². The van der Waals surface area contributed by atoms with E-state index in [2.05, 4.69) is 5.32 Å². The largest absolute Gasteiger partial charge is 0.488 e. The van der Waals surface area contributed by atoms with E-state index in [9.17, 15) is 8.78 Å². The zero-order valence-corrected chi connectivity index (χ0v) is 10.6. The van der Waals surface area contributed by atoms with E-state index in [1.807, 2.05) is 13.8 Å². The first-order valence-corrected chi connectivity index (χ1v) is 5.79. The number of ether oxygens (including phenoxy) is 1. The lowest BCUT2D eigenvalue weighted by atomic mass is 10.1. The smallest absolute Gasteiger partial charge is 0.272 e. The second kappa shape index (κ2) is 6.66. The first kappa shape index (κ1) is 14.9. The highest BCUT2D eigenvalue weighted by Crippen LogP contribution is 2.13. The third-order valence-electron chi connectivity index (χ3n) is 2.47. The molecule has 0 saturated heterocycles. The molecule has 18 heavy (non-hydrogen) atoms. The van der Waals surface area contributed by atoms with Gasteiger partial charge in [0.15, 0.2) is 0 Å². The topological polar surface area (TPSA) is 41.5 Å². The zero-order valence-electron chi connectivity index (χ0n) is 10.6. The van der Waals surface area contributed by atoms with Crippen molar-refractivity contribution in [1.29, 1.82) is 0 Å². The molecule has 0 bridgehead atoms. The number of alkyl halides is 2. The average Bonchev–Trinajstić information content (AvgIpc) is 2.35. The van der Waals surface area contributed by atoms with Gasteiger partial charge in [-0.3, -0.25) is 0 Å². The molecule has 1 aromatic carbocycles. The third-order valence-corrected chi connectivity index (χ3v) is 2.47. The summed E-state index contributed by atoms with van der Waals surface area (Å²) in [6.45, 7) is 3.85. The summed E-state index contributed by atoms with van der Waals surface area (Å²) < 4.78 is 28.7. The summed E-state index contributed by atoms with van der Waals surface area (Å²) in [5.74, 6) is 0.431. The van der Waals surface area contributed by atoms with Crippen molar-refractivity contribution < 1.29 is 18.6 Å². The minimum Gasteiger partial charge on any atom is -0.488 e. The molecule has 0 aliphatic carbocycles. The lowest BCUT2D eigenvalue weighted by Gasteiger charge is -2.23. The summed E-state index contributed by atoms with van der Waals surface area (Å²) in [6.07, 6.45) is -2.46. The summed E-state index contributed by atoms with van der Waals surface area (Å²) in [6, 6.07) is 6.93. The fraction of sp³-hybridized carbons (Fsp3) is 0.538. The van der Waals surface area contributed by atoms with Gasteiger partial charge in [0.05, 0.1) is 6.61 Å². The van der Waals surface area contributed by atoms with Crippen molar-refractivity contribution in [3.63, 3.8) is 0 Å². The molecule has 1 aromatic rings. The molecular formula is C13H19F2NO2. The van der Waals surface area contributed by atoms with E-state index < -0.39 is 13.0 Å². The standard InChI is InChI=1S/C13H19F2NO2/c1-13(2,9-17)16-7-10-3-5-11(6-4-10)18-8-12(14)15/h3-6,12,16-17H,7-9H2,1-2H3. The van der Waals surface area contributed by atoms with E-state index in [1.54, 1.807) is 24.3 Å². The lowest BCUT2D eigenvalue weighted by molar-refractivity contribution is 0.0819. The van der Waals surface area contributed by atoms with Crippen LogP contribution in [0.1, 0.15) is 19.4 Å². The van der Waals surface area contributed by atoms with Crippen LogP contribution >= 0.6 is 0 Å². The Hall–Kier alpha value is -1.20. The molecule has 0 amide bonds. The van der Waals surface area contributed by atoms with Gasteiger partial charge in [0.25, 0.3) is 6.43 Å². The van der Waals surface area contributed by atoms with Crippen molar-refractivity contribution in [3.05, 3.63) is 29.8 Å². The Morgan fingerprint density at radius 2 is 1.89 bits per heavy atom. The van der Waals surface area contributed by atoms with Gasteiger partial charge < -0.3 is 15.2 Å². The molecule has 0 aliphatic heterocycles. The Kier molecular flexibility index (Phi) is 5.50. The molecule has 0 atom stereocenters. The second-order valence-electron chi connectivity index (χ2n) is 4.74. The van der Waals surface area contributed by atoms with Crippen molar-refractivity contribution in [1.82, 2.24) is 5.32 Å². The Bertz CT molecular complexity index is 353. The van der Waals surface area contributed by atoms with Gasteiger partial charge in [0.2, 0.25) is 0 Å². The molecule has 5 heteroatoms. The molecule has 0 aliphatic rings. The van der Waals surface area contributed by atoms with Gasteiger partial charge in [-0.15, -0.1) is 0 Å². The molecule has 0 aromatic heterocycles. The maximum atomic E-state index is 11.9. The van der Waals surface area contributed by atoms with E-state index in [1.165, 1.54) is 0 Å². The van der Waals surface area contributed by atoms with Crippen LogP contribution in [0.4, 0.5) is 8.78 Å². The van der Waals surface area contributed by atoms with Crippen LogP contribution in [0, 0.1) is 0 Å². The van der Waals surface area contributed by atoms with Gasteiger partial charge in [-0.25, -0.2) is 8.78 Å². The maximum absolute atomic E-state index is 11.9. The Morgan fingerprint density at radius 3 is 2.39 bits per heavy atom. The van der Waals surface area contributed by atoms with Crippen molar-refractivity contribution in [3.8, 4) is 5.75 Å². The Morgan fingerprint density at radius 1 is 1.28 bits per heavy atom. The fourth-order valence-corrected chi connectivity index (χ4v) is 1.26. The normalized spacial score (nSPS) is 11.9. The van der Waals surface area contributed by atoms with Crippen LogP contribution in [0.2, 0.25) is 0 Å². The van der Waals surface area contributed by atoms with E-state index in [0.717, 1.165) is 5.56 Å². The van der Waals surface area contributed by atoms with E-state index in [0.29, 0.717) is 12.3 Å². The minimum atomic E-state index is -2.46. The number of aliphatic hydroxyl groups excluding tert-OH is 1. The molecule has 0 heterocycles. The van der Waals surface area contributed by atoms with Crippen LogP contribution in [0.25, 0.3) is 0 Å². The summed E-state index contributed by atoms with van der Waals surface area (Å²) in [5, 5.41) is 12.3. The number of rotatable bonds is 7. The van der Waals surface area contributed by atoms with E-state index >= 15 is 0 Å². The predicted molar refractivity (Wildman–Crippen MR) is 65.9 cm³/mol. The monoisotopic (exact) mass is 259 g/mol. The van der Waals surface area contributed by atoms with Gasteiger partial charge in [-0.05, 0) is 31.5 Å². The molecular weight excluding hydrogens is 240 g/mol. The van der Waals surface area contributed by atoms with Crippen molar-refractivity contribution >= 4 is 0 Å². The molecule has 102 valence electrons. The van der Waals surface area contributed by atoms with Crippen LogP contribution in [0.5, 0.6) is 5.75 Å². The van der Waals surface area contributed by atoms with E-state index in [4.69, 9.17) is 9.84 Å². The third kappa shape index (κ3) is 5.42. The summed E-state index contributed by atoms with van der Waals surface area (Å²) in [5.41, 5.74) is 0.658. The molecule has 0 fully saturated rings. The number of hydrogen-bond acceptors (Lipinski definition) is 3. The summed E-state index contributed by atoms with van der Waals surface area (Å²) >= 11 is 0. The predicted octanol–water partition coefficient (Wildman–Crippen LogP) is 2.19. The summed E-state index contributed by atoms with van der Waals surface area (Å²) in [7, 11) is 0. The van der Waals surface area contributed by atoms with Gasteiger partial charge in [-0.1, -0.05) is 12.1 Å². The van der Waals surface area contributed by atoms with Crippen LogP contribution in [0.15, 0.2) is 24.3 Å². The molecule has 3 nitrogen and oxygen atoms in total. The van der Waals surface area contributed by atoms with Gasteiger partial charge in [0.1, 0.15) is 12.4 Å². The molecule has 1 rings (SSSR count). The number of hydrogen-bond donors (Lipinski definition) is 2. The molecule has 0 unspecified atom stereocenters. The van der Waals surface area contributed by atoms with Crippen LogP contribution in [-0.4, -0.2) is 30.3 Å². The first-order chi connectivity index (χ1) is 8.43. The number of benzene rings is 1. The van der Waals surface area contributed by atoms with Crippen molar-refractivity contribution in [2.75, 3.05) is 13.2 Å². The second-order valence-corrected chi connectivity index (χ2v) is 4.74. The Labute approximate surface area is 106 Å². The fourth-order valence-electron chi connectivity index (χ4n) is 1.26. The van der Waals surface area contributed by atoms with E-state index in [-0.39, 0.29) is 12.1 Å². The average molecular weight is 259 g/mol. The Balaban J connectivity index is 2.45. The molecule has 0 saturated carbocycles. The first-order valence-electron chi connectivity index (χ1n) is 5.79. The number of halogens is 2. The van der Waals surface area contributed by atoms with Gasteiger partial charge in [0, 0.05) is 12.1 Å². The quantitative estimate of drug-likeness (QED) is 0.788. The molecule has 2 N–H and O–H groups in total. The van der Waals surface area contributed by atoms with Crippen LogP contribution < -0.4 is 10.1 Å². The lowest BCUT2D eigenvalue weighted by Crippen LogP contribution is -2.42. The van der Waals surface area contributed by atoms with Crippen molar-refractivity contribution in [2.45, 2.75) is 32.4 Å². The minimum absolute atomic E-state index is 0.0442. The highest BCUT2D eigenvalue weighted by Gasteiger charge is 2.14.